The number of carbonyl (C=O) groups is 1. The van der Waals surface area contributed by atoms with Crippen LogP contribution in [0.15, 0.2) is 47.8 Å². The highest BCUT2D eigenvalue weighted by molar-refractivity contribution is 7.10. The first kappa shape index (κ1) is 19.1. The van der Waals surface area contributed by atoms with Gasteiger partial charge in [0.05, 0.1) is 12.6 Å². The van der Waals surface area contributed by atoms with Gasteiger partial charge < -0.3 is 10.6 Å². The van der Waals surface area contributed by atoms with Crippen LogP contribution in [0.4, 0.5) is 0 Å². The molecule has 0 bridgehead atoms. The van der Waals surface area contributed by atoms with Crippen LogP contribution < -0.4 is 10.6 Å². The van der Waals surface area contributed by atoms with Crippen LogP contribution in [0.3, 0.4) is 0 Å². The zero-order chi connectivity index (χ0) is 18.2. The van der Waals surface area contributed by atoms with Crippen molar-refractivity contribution in [3.8, 4) is 0 Å². The minimum Gasteiger partial charge on any atom is -0.343 e. The molecule has 2 N–H and O–H groups in total. The summed E-state index contributed by atoms with van der Waals surface area (Å²) in [6, 6.07) is 14.3. The molecule has 5 heteroatoms. The van der Waals surface area contributed by atoms with Crippen molar-refractivity contribution < 1.29 is 4.79 Å². The predicted molar refractivity (Wildman–Crippen MR) is 108 cm³/mol. The molecule has 1 aromatic heterocycles. The number of benzene rings is 1. The average molecular weight is 372 g/mol. The molecule has 2 heterocycles. The first-order valence-corrected chi connectivity index (χ1v) is 10.4. The van der Waals surface area contributed by atoms with Gasteiger partial charge in [-0.2, -0.15) is 0 Å². The van der Waals surface area contributed by atoms with E-state index in [0.717, 1.165) is 31.1 Å². The van der Waals surface area contributed by atoms with Gasteiger partial charge in [-0.05, 0) is 68.9 Å². The highest BCUT2D eigenvalue weighted by Crippen LogP contribution is 2.26. The Morgan fingerprint density at radius 2 is 1.96 bits per heavy atom. The van der Waals surface area contributed by atoms with E-state index in [4.69, 9.17) is 0 Å². The number of thiophene rings is 1. The summed E-state index contributed by atoms with van der Waals surface area (Å²) in [5, 5.41) is 8.54. The second kappa shape index (κ2) is 9.86. The number of hydrogen-bond donors (Lipinski definition) is 2. The maximum absolute atomic E-state index is 12.7. The van der Waals surface area contributed by atoms with Crippen molar-refractivity contribution in [2.24, 2.45) is 5.92 Å². The molecule has 1 aliphatic heterocycles. The lowest BCUT2D eigenvalue weighted by atomic mass is 9.93. The van der Waals surface area contributed by atoms with Crippen LogP contribution in [-0.4, -0.2) is 44.0 Å². The Labute approximate surface area is 160 Å². The standard InChI is InChI=1S/C21H29N3OS/c1-22-12-9-17-10-13-24(14-11-17)16-20(25)23-21(19-8-5-15-26-19)18-6-3-2-4-7-18/h2-8,15,17,21-22H,9-14,16H2,1H3,(H,23,25). The zero-order valence-corrected chi connectivity index (χ0v) is 16.3. The number of nitrogens with zero attached hydrogens (tertiary/aromatic N) is 1. The summed E-state index contributed by atoms with van der Waals surface area (Å²) in [4.78, 5) is 16.2. The first-order valence-electron chi connectivity index (χ1n) is 9.51. The highest BCUT2D eigenvalue weighted by atomic mass is 32.1. The summed E-state index contributed by atoms with van der Waals surface area (Å²) >= 11 is 1.69. The van der Waals surface area contributed by atoms with E-state index in [0.29, 0.717) is 6.54 Å². The van der Waals surface area contributed by atoms with Crippen LogP contribution in [0.1, 0.15) is 35.7 Å². The Balaban J connectivity index is 1.54. The lowest BCUT2D eigenvalue weighted by molar-refractivity contribution is -0.123. The molecule has 2 aromatic rings. The van der Waals surface area contributed by atoms with Crippen molar-refractivity contribution in [1.82, 2.24) is 15.5 Å². The van der Waals surface area contributed by atoms with Gasteiger partial charge >= 0.3 is 0 Å². The maximum Gasteiger partial charge on any atom is 0.234 e. The van der Waals surface area contributed by atoms with Gasteiger partial charge in [-0.25, -0.2) is 0 Å². The molecule has 4 nitrogen and oxygen atoms in total. The van der Waals surface area contributed by atoms with E-state index in [9.17, 15) is 4.79 Å². The van der Waals surface area contributed by atoms with E-state index < -0.39 is 0 Å². The minimum atomic E-state index is -0.0585. The Morgan fingerprint density at radius 1 is 1.19 bits per heavy atom. The summed E-state index contributed by atoms with van der Waals surface area (Å²) in [6.45, 7) is 3.63. The zero-order valence-electron chi connectivity index (χ0n) is 15.5. The quantitative estimate of drug-likeness (QED) is 0.748. The van der Waals surface area contributed by atoms with E-state index in [2.05, 4.69) is 39.1 Å². The molecular formula is C21H29N3OS. The lowest BCUT2D eigenvalue weighted by Gasteiger charge is -2.32. The fourth-order valence-corrected chi connectivity index (χ4v) is 4.41. The van der Waals surface area contributed by atoms with E-state index in [-0.39, 0.29) is 11.9 Å². The second-order valence-corrected chi connectivity index (χ2v) is 8.02. The minimum absolute atomic E-state index is 0.0585. The van der Waals surface area contributed by atoms with Crippen LogP contribution >= 0.6 is 11.3 Å². The third-order valence-electron chi connectivity index (χ3n) is 5.14. The highest BCUT2D eigenvalue weighted by Gasteiger charge is 2.23. The normalized spacial score (nSPS) is 17.1. The molecule has 1 saturated heterocycles. The number of piperidine rings is 1. The average Bonchev–Trinajstić information content (AvgIpc) is 3.21. The molecule has 0 radical (unpaired) electrons. The van der Waals surface area contributed by atoms with Crippen molar-refractivity contribution in [2.75, 3.05) is 33.2 Å². The van der Waals surface area contributed by atoms with Gasteiger partial charge in [-0.3, -0.25) is 9.69 Å². The van der Waals surface area contributed by atoms with Crippen molar-refractivity contribution in [2.45, 2.75) is 25.3 Å². The summed E-state index contributed by atoms with van der Waals surface area (Å²) in [5.41, 5.74) is 1.13. The van der Waals surface area contributed by atoms with Gasteiger partial charge in [-0.15, -0.1) is 11.3 Å². The number of rotatable bonds is 8. The van der Waals surface area contributed by atoms with Gasteiger partial charge in [0.15, 0.2) is 0 Å². The topological polar surface area (TPSA) is 44.4 Å². The SMILES string of the molecule is CNCCC1CCN(CC(=O)NC(c2ccccc2)c2cccs2)CC1. The van der Waals surface area contributed by atoms with Crippen LogP contribution in [0, 0.1) is 5.92 Å². The Morgan fingerprint density at radius 3 is 2.62 bits per heavy atom. The third-order valence-corrected chi connectivity index (χ3v) is 6.08. The summed E-state index contributed by atoms with van der Waals surface area (Å²) in [6.07, 6.45) is 3.63. The smallest absolute Gasteiger partial charge is 0.234 e. The van der Waals surface area contributed by atoms with Gasteiger partial charge in [0, 0.05) is 4.88 Å². The summed E-state index contributed by atoms with van der Waals surface area (Å²) in [7, 11) is 2.01. The molecular weight excluding hydrogens is 342 g/mol. The summed E-state index contributed by atoms with van der Waals surface area (Å²) < 4.78 is 0. The predicted octanol–water partition coefficient (Wildman–Crippen LogP) is 3.28. The van der Waals surface area contributed by atoms with Gasteiger partial charge in [0.1, 0.15) is 0 Å². The Bertz CT molecular complexity index is 651. The van der Waals surface area contributed by atoms with E-state index in [1.54, 1.807) is 11.3 Å². The number of likely N-dealkylation sites (tertiary alicyclic amines) is 1. The molecule has 1 amide bonds. The number of carbonyl (C=O) groups excluding carboxylic acids is 1. The molecule has 1 aliphatic rings. The molecule has 26 heavy (non-hydrogen) atoms. The fraction of sp³-hybridized carbons (Fsp3) is 0.476. The Kier molecular flexibility index (Phi) is 7.23. The molecule has 3 rings (SSSR count). The van der Waals surface area contributed by atoms with Crippen LogP contribution in [0.25, 0.3) is 0 Å². The van der Waals surface area contributed by atoms with Crippen molar-refractivity contribution in [3.05, 3.63) is 58.3 Å². The monoisotopic (exact) mass is 371 g/mol. The number of amides is 1. The number of hydrogen-bond acceptors (Lipinski definition) is 4. The van der Waals surface area contributed by atoms with Crippen molar-refractivity contribution >= 4 is 17.2 Å². The summed E-state index contributed by atoms with van der Waals surface area (Å²) in [5.74, 6) is 0.908. The molecule has 1 fully saturated rings. The molecule has 1 aromatic carbocycles. The van der Waals surface area contributed by atoms with E-state index in [1.165, 1.54) is 24.1 Å². The van der Waals surface area contributed by atoms with Crippen molar-refractivity contribution in [1.29, 1.82) is 0 Å². The van der Waals surface area contributed by atoms with Gasteiger partial charge in [0.25, 0.3) is 0 Å². The van der Waals surface area contributed by atoms with Gasteiger partial charge in [-0.1, -0.05) is 36.4 Å². The first-order chi connectivity index (χ1) is 12.8. The molecule has 0 saturated carbocycles. The third kappa shape index (κ3) is 5.40. The maximum atomic E-state index is 12.7. The Hall–Kier alpha value is -1.69. The molecule has 140 valence electrons. The molecule has 1 unspecified atom stereocenters. The lowest BCUT2D eigenvalue weighted by Crippen LogP contribution is -2.42. The van der Waals surface area contributed by atoms with Crippen LogP contribution in [-0.2, 0) is 4.79 Å². The van der Waals surface area contributed by atoms with E-state index >= 15 is 0 Å². The molecule has 0 spiro atoms. The van der Waals surface area contributed by atoms with Crippen LogP contribution in [0.2, 0.25) is 0 Å². The second-order valence-electron chi connectivity index (χ2n) is 7.04. The fourth-order valence-electron chi connectivity index (χ4n) is 3.61. The largest absolute Gasteiger partial charge is 0.343 e. The number of nitrogens with one attached hydrogen (secondary N) is 2. The van der Waals surface area contributed by atoms with E-state index in [1.807, 2.05) is 31.3 Å². The molecule has 1 atom stereocenters. The van der Waals surface area contributed by atoms with Crippen LogP contribution in [0.5, 0.6) is 0 Å². The molecule has 0 aliphatic carbocycles. The van der Waals surface area contributed by atoms with Gasteiger partial charge in [0.2, 0.25) is 5.91 Å². The van der Waals surface area contributed by atoms with Crippen molar-refractivity contribution in [3.63, 3.8) is 0 Å².